The van der Waals surface area contributed by atoms with Gasteiger partial charge in [-0.05, 0) is 12.5 Å². The van der Waals surface area contributed by atoms with Crippen molar-refractivity contribution in [3.05, 3.63) is 35.9 Å². The number of Topliss-reactive ketones (excluding diaryl/α,β-unsaturated/α-hetero) is 1. The normalized spacial score (nSPS) is 17.7. The van der Waals surface area contributed by atoms with E-state index < -0.39 is 18.1 Å². The minimum absolute atomic E-state index is 0.0971. The van der Waals surface area contributed by atoms with Crippen LogP contribution in [0, 0.1) is 0 Å². The fourth-order valence-corrected chi connectivity index (χ4v) is 2.15. The van der Waals surface area contributed by atoms with E-state index in [1.165, 1.54) is 0 Å². The van der Waals surface area contributed by atoms with Gasteiger partial charge in [-0.25, -0.2) is 9.59 Å². The molecule has 1 aliphatic rings. The van der Waals surface area contributed by atoms with Crippen molar-refractivity contribution < 1.29 is 23.9 Å². The van der Waals surface area contributed by atoms with Crippen molar-refractivity contribution in [1.29, 1.82) is 0 Å². The van der Waals surface area contributed by atoms with Gasteiger partial charge in [0.15, 0.2) is 11.8 Å². The SMILES string of the molecule is CCOC(=O)[C@@H]1C(=O)CCN1C(=O)OCc1ccccc1. The van der Waals surface area contributed by atoms with Crippen LogP contribution in [-0.2, 0) is 25.7 Å². The van der Waals surface area contributed by atoms with Crippen molar-refractivity contribution in [2.45, 2.75) is 26.0 Å². The first-order valence-corrected chi connectivity index (χ1v) is 6.80. The Morgan fingerprint density at radius 2 is 1.95 bits per heavy atom. The highest BCUT2D eigenvalue weighted by Crippen LogP contribution is 2.17. The number of hydrogen-bond acceptors (Lipinski definition) is 5. The van der Waals surface area contributed by atoms with Crippen LogP contribution in [0.5, 0.6) is 0 Å². The summed E-state index contributed by atoms with van der Waals surface area (Å²) in [6.07, 6.45) is -0.535. The van der Waals surface area contributed by atoms with E-state index in [-0.39, 0.29) is 32.0 Å². The third-order valence-corrected chi connectivity index (χ3v) is 3.17. The lowest BCUT2D eigenvalue weighted by Crippen LogP contribution is -2.44. The second-order valence-corrected chi connectivity index (χ2v) is 4.60. The molecule has 1 fully saturated rings. The number of amides is 1. The molecule has 0 spiro atoms. The first-order chi connectivity index (χ1) is 10.1. The molecule has 0 aliphatic carbocycles. The monoisotopic (exact) mass is 291 g/mol. The lowest BCUT2D eigenvalue weighted by Gasteiger charge is -2.21. The van der Waals surface area contributed by atoms with Gasteiger partial charge in [-0.1, -0.05) is 30.3 Å². The Balaban J connectivity index is 1.97. The van der Waals surface area contributed by atoms with Crippen molar-refractivity contribution in [3.63, 3.8) is 0 Å². The van der Waals surface area contributed by atoms with Crippen molar-refractivity contribution in [2.24, 2.45) is 0 Å². The molecular weight excluding hydrogens is 274 g/mol. The summed E-state index contributed by atoms with van der Waals surface area (Å²) in [5.74, 6) is -1.01. The maximum absolute atomic E-state index is 12.0. The van der Waals surface area contributed by atoms with Crippen molar-refractivity contribution >= 4 is 17.8 Å². The minimum Gasteiger partial charge on any atom is -0.464 e. The third-order valence-electron chi connectivity index (χ3n) is 3.17. The number of likely N-dealkylation sites (tertiary alicyclic amines) is 1. The standard InChI is InChI=1S/C15H17NO5/c1-2-20-14(18)13-12(17)8-9-16(13)15(19)21-10-11-6-4-3-5-7-11/h3-7,13H,2,8-10H2,1H3/t13-/m0/s1. The summed E-state index contributed by atoms with van der Waals surface area (Å²) in [5, 5.41) is 0. The summed E-state index contributed by atoms with van der Waals surface area (Å²) in [6, 6.07) is 8.01. The highest BCUT2D eigenvalue weighted by Gasteiger charge is 2.42. The van der Waals surface area contributed by atoms with E-state index in [0.717, 1.165) is 10.5 Å². The van der Waals surface area contributed by atoms with Crippen LogP contribution in [0.2, 0.25) is 0 Å². The van der Waals surface area contributed by atoms with Gasteiger partial charge in [0.1, 0.15) is 6.61 Å². The molecule has 1 aliphatic heterocycles. The van der Waals surface area contributed by atoms with E-state index in [4.69, 9.17) is 9.47 Å². The van der Waals surface area contributed by atoms with Crippen LogP contribution in [0.1, 0.15) is 18.9 Å². The molecule has 0 N–H and O–H groups in total. The first-order valence-electron chi connectivity index (χ1n) is 6.80. The molecule has 0 unspecified atom stereocenters. The van der Waals surface area contributed by atoms with Gasteiger partial charge in [-0.2, -0.15) is 0 Å². The van der Waals surface area contributed by atoms with Gasteiger partial charge in [0.25, 0.3) is 0 Å². The summed E-state index contributed by atoms with van der Waals surface area (Å²) in [6.45, 7) is 2.08. The quantitative estimate of drug-likeness (QED) is 0.621. The second-order valence-electron chi connectivity index (χ2n) is 4.60. The number of hydrogen-bond donors (Lipinski definition) is 0. The second kappa shape index (κ2) is 6.88. The number of rotatable bonds is 4. The Bertz CT molecular complexity index is 528. The van der Waals surface area contributed by atoms with E-state index in [1.54, 1.807) is 6.92 Å². The number of nitrogens with zero attached hydrogens (tertiary/aromatic N) is 1. The lowest BCUT2D eigenvalue weighted by molar-refractivity contribution is -0.150. The number of benzene rings is 1. The molecule has 0 saturated carbocycles. The summed E-state index contributed by atoms with van der Waals surface area (Å²) < 4.78 is 9.98. The Morgan fingerprint density at radius 3 is 2.62 bits per heavy atom. The summed E-state index contributed by atoms with van der Waals surface area (Å²) >= 11 is 0. The topological polar surface area (TPSA) is 72.9 Å². The van der Waals surface area contributed by atoms with Gasteiger partial charge in [0.2, 0.25) is 0 Å². The Kier molecular flexibility index (Phi) is 4.92. The van der Waals surface area contributed by atoms with Crippen LogP contribution in [0.15, 0.2) is 30.3 Å². The smallest absolute Gasteiger partial charge is 0.411 e. The van der Waals surface area contributed by atoms with Crippen LogP contribution >= 0.6 is 0 Å². The largest absolute Gasteiger partial charge is 0.464 e. The van der Waals surface area contributed by atoms with Gasteiger partial charge >= 0.3 is 12.1 Å². The molecule has 6 nitrogen and oxygen atoms in total. The zero-order valence-corrected chi connectivity index (χ0v) is 11.8. The zero-order valence-electron chi connectivity index (χ0n) is 11.8. The molecule has 21 heavy (non-hydrogen) atoms. The highest BCUT2D eigenvalue weighted by molar-refractivity contribution is 6.07. The van der Waals surface area contributed by atoms with Crippen LogP contribution in [-0.4, -0.2) is 41.9 Å². The van der Waals surface area contributed by atoms with Gasteiger partial charge in [-0.15, -0.1) is 0 Å². The Morgan fingerprint density at radius 1 is 1.24 bits per heavy atom. The fraction of sp³-hybridized carbons (Fsp3) is 0.400. The maximum atomic E-state index is 12.0. The lowest BCUT2D eigenvalue weighted by atomic mass is 10.2. The van der Waals surface area contributed by atoms with Crippen LogP contribution in [0.25, 0.3) is 0 Å². The molecule has 0 radical (unpaired) electrons. The van der Waals surface area contributed by atoms with Gasteiger partial charge in [-0.3, -0.25) is 9.69 Å². The fourth-order valence-electron chi connectivity index (χ4n) is 2.15. The van der Waals surface area contributed by atoms with Crippen LogP contribution in [0.4, 0.5) is 4.79 Å². The maximum Gasteiger partial charge on any atom is 0.411 e. The van der Waals surface area contributed by atoms with E-state index in [1.807, 2.05) is 30.3 Å². The Hall–Kier alpha value is -2.37. The van der Waals surface area contributed by atoms with Crippen molar-refractivity contribution in [3.8, 4) is 0 Å². The average molecular weight is 291 g/mol. The molecule has 1 aromatic rings. The predicted molar refractivity (Wildman–Crippen MR) is 73.4 cm³/mol. The molecular formula is C15H17NO5. The highest BCUT2D eigenvalue weighted by atomic mass is 16.6. The molecule has 0 bridgehead atoms. The van der Waals surface area contributed by atoms with Gasteiger partial charge in [0, 0.05) is 13.0 Å². The van der Waals surface area contributed by atoms with Gasteiger partial charge < -0.3 is 9.47 Å². The first kappa shape index (κ1) is 15.0. The average Bonchev–Trinajstić information content (AvgIpc) is 2.88. The number of ketones is 1. The number of ether oxygens (including phenoxy) is 2. The molecule has 1 aromatic carbocycles. The molecule has 2 rings (SSSR count). The minimum atomic E-state index is -1.17. The van der Waals surface area contributed by atoms with Crippen LogP contribution < -0.4 is 0 Å². The molecule has 1 saturated heterocycles. The van der Waals surface area contributed by atoms with E-state index in [9.17, 15) is 14.4 Å². The predicted octanol–water partition coefficient (Wildman–Crippen LogP) is 1.53. The summed E-state index contributed by atoms with van der Waals surface area (Å²) in [7, 11) is 0. The van der Waals surface area contributed by atoms with E-state index in [0.29, 0.717) is 0 Å². The molecule has 1 atom stereocenters. The molecule has 1 heterocycles. The number of esters is 1. The summed E-state index contributed by atoms with van der Waals surface area (Å²) in [4.78, 5) is 36.6. The molecule has 0 aromatic heterocycles. The van der Waals surface area contributed by atoms with E-state index in [2.05, 4.69) is 0 Å². The Labute approximate surface area is 122 Å². The van der Waals surface area contributed by atoms with Crippen LogP contribution in [0.3, 0.4) is 0 Å². The van der Waals surface area contributed by atoms with Gasteiger partial charge in [0.05, 0.1) is 6.61 Å². The molecule has 112 valence electrons. The number of carbonyl (C=O) groups is 3. The number of carbonyl (C=O) groups excluding carboxylic acids is 3. The molecule has 1 amide bonds. The van der Waals surface area contributed by atoms with Crippen molar-refractivity contribution in [1.82, 2.24) is 4.90 Å². The zero-order chi connectivity index (χ0) is 15.2. The van der Waals surface area contributed by atoms with Crippen molar-refractivity contribution in [2.75, 3.05) is 13.2 Å². The molecule has 6 heteroatoms. The summed E-state index contributed by atoms with van der Waals surface area (Å²) in [5.41, 5.74) is 0.837. The van der Waals surface area contributed by atoms with E-state index >= 15 is 0 Å². The third kappa shape index (κ3) is 3.59.